The summed E-state index contributed by atoms with van der Waals surface area (Å²) in [5, 5.41) is 3.85. The van der Waals surface area contributed by atoms with Crippen molar-refractivity contribution in [2.45, 2.75) is 31.8 Å². The summed E-state index contributed by atoms with van der Waals surface area (Å²) in [4.78, 5) is 29.9. The van der Waals surface area contributed by atoms with Crippen molar-refractivity contribution in [1.29, 1.82) is 0 Å². The highest BCUT2D eigenvalue weighted by Gasteiger charge is 2.31. The zero-order chi connectivity index (χ0) is 20.9. The second-order valence-corrected chi connectivity index (χ2v) is 8.75. The Morgan fingerprint density at radius 2 is 1.73 bits per heavy atom. The van der Waals surface area contributed by atoms with Crippen molar-refractivity contribution in [3.05, 3.63) is 70.7 Å². The van der Waals surface area contributed by atoms with Crippen LogP contribution in [0.5, 0.6) is 0 Å². The molecule has 2 aromatic rings. The maximum atomic E-state index is 12.9. The molecule has 0 aromatic heterocycles. The number of halogens is 1. The number of nitrogens with one attached hydrogen (secondary N) is 1. The van der Waals surface area contributed by atoms with Gasteiger partial charge in [-0.05, 0) is 49.1 Å². The van der Waals surface area contributed by atoms with E-state index in [-0.39, 0.29) is 23.8 Å². The SMILES string of the molecule is O=C(NC1CCN(Cc2ccccc2)C1)C1CCCN(C(=O)c2ccc(Cl)cc2)C1. The summed E-state index contributed by atoms with van der Waals surface area (Å²) in [6.45, 7) is 3.96. The lowest BCUT2D eigenvalue weighted by Gasteiger charge is -2.32. The van der Waals surface area contributed by atoms with Crippen LogP contribution in [0.2, 0.25) is 5.02 Å². The lowest BCUT2D eigenvalue weighted by atomic mass is 9.96. The summed E-state index contributed by atoms with van der Waals surface area (Å²) in [6, 6.07) is 17.6. The van der Waals surface area contributed by atoms with Crippen LogP contribution in [0, 0.1) is 5.92 Å². The van der Waals surface area contributed by atoms with E-state index in [2.05, 4.69) is 34.5 Å². The first-order valence-electron chi connectivity index (χ1n) is 10.7. The number of rotatable bonds is 5. The highest BCUT2D eigenvalue weighted by molar-refractivity contribution is 6.30. The van der Waals surface area contributed by atoms with Crippen molar-refractivity contribution in [3.8, 4) is 0 Å². The Labute approximate surface area is 183 Å². The van der Waals surface area contributed by atoms with Crippen LogP contribution in [0.15, 0.2) is 54.6 Å². The molecule has 1 N–H and O–H groups in total. The molecule has 2 aromatic carbocycles. The molecule has 0 spiro atoms. The van der Waals surface area contributed by atoms with Crippen molar-refractivity contribution in [2.75, 3.05) is 26.2 Å². The maximum Gasteiger partial charge on any atom is 0.253 e. The van der Waals surface area contributed by atoms with E-state index in [1.807, 2.05) is 6.07 Å². The van der Waals surface area contributed by atoms with E-state index in [0.29, 0.717) is 23.7 Å². The first-order chi connectivity index (χ1) is 14.6. The summed E-state index contributed by atoms with van der Waals surface area (Å²) in [5.41, 5.74) is 1.92. The second-order valence-electron chi connectivity index (χ2n) is 8.31. The summed E-state index contributed by atoms with van der Waals surface area (Å²) < 4.78 is 0. The molecule has 2 aliphatic heterocycles. The fraction of sp³-hybridized carbons (Fsp3) is 0.417. The average molecular weight is 426 g/mol. The molecule has 30 heavy (non-hydrogen) atoms. The van der Waals surface area contributed by atoms with E-state index in [1.165, 1.54) is 5.56 Å². The van der Waals surface area contributed by atoms with Gasteiger partial charge in [-0.15, -0.1) is 0 Å². The van der Waals surface area contributed by atoms with E-state index in [4.69, 9.17) is 11.6 Å². The minimum absolute atomic E-state index is 0.0286. The number of likely N-dealkylation sites (tertiary alicyclic amines) is 2. The number of nitrogens with zero attached hydrogens (tertiary/aromatic N) is 2. The molecule has 2 fully saturated rings. The summed E-state index contributed by atoms with van der Waals surface area (Å²) >= 11 is 5.92. The lowest BCUT2D eigenvalue weighted by molar-refractivity contribution is -0.127. The third-order valence-electron chi connectivity index (χ3n) is 6.04. The van der Waals surface area contributed by atoms with Gasteiger partial charge in [0.1, 0.15) is 0 Å². The van der Waals surface area contributed by atoms with Crippen molar-refractivity contribution < 1.29 is 9.59 Å². The number of carbonyl (C=O) groups is 2. The first kappa shape index (κ1) is 20.9. The van der Waals surface area contributed by atoms with Gasteiger partial charge in [0, 0.05) is 49.4 Å². The van der Waals surface area contributed by atoms with Gasteiger partial charge in [-0.1, -0.05) is 41.9 Å². The second kappa shape index (κ2) is 9.63. The molecule has 2 heterocycles. The van der Waals surface area contributed by atoms with Gasteiger partial charge >= 0.3 is 0 Å². The number of hydrogen-bond donors (Lipinski definition) is 1. The molecule has 2 atom stereocenters. The molecule has 0 aliphatic carbocycles. The summed E-state index contributed by atoms with van der Waals surface area (Å²) in [7, 11) is 0. The van der Waals surface area contributed by atoms with Crippen LogP contribution in [-0.2, 0) is 11.3 Å². The van der Waals surface area contributed by atoms with Crippen LogP contribution in [-0.4, -0.2) is 53.8 Å². The van der Waals surface area contributed by atoms with Crippen LogP contribution in [0.4, 0.5) is 0 Å². The molecule has 2 saturated heterocycles. The maximum absolute atomic E-state index is 12.9. The number of piperidine rings is 1. The Morgan fingerprint density at radius 3 is 2.50 bits per heavy atom. The van der Waals surface area contributed by atoms with E-state index < -0.39 is 0 Å². The molecule has 5 nitrogen and oxygen atoms in total. The molecule has 2 aliphatic rings. The van der Waals surface area contributed by atoms with E-state index >= 15 is 0 Å². The highest BCUT2D eigenvalue weighted by atomic mass is 35.5. The van der Waals surface area contributed by atoms with Gasteiger partial charge in [-0.25, -0.2) is 0 Å². The third kappa shape index (κ3) is 5.21. The molecule has 6 heteroatoms. The molecule has 158 valence electrons. The van der Waals surface area contributed by atoms with Gasteiger partial charge in [0.2, 0.25) is 5.91 Å². The minimum atomic E-state index is -0.141. The third-order valence-corrected chi connectivity index (χ3v) is 6.29. The Morgan fingerprint density at radius 1 is 0.967 bits per heavy atom. The molecule has 0 bridgehead atoms. The van der Waals surface area contributed by atoms with Crippen molar-refractivity contribution in [2.24, 2.45) is 5.92 Å². The van der Waals surface area contributed by atoms with Crippen LogP contribution >= 0.6 is 11.6 Å². The van der Waals surface area contributed by atoms with Crippen LogP contribution in [0.1, 0.15) is 35.2 Å². The normalized spacial score (nSPS) is 22.1. The Kier molecular flexibility index (Phi) is 6.70. The van der Waals surface area contributed by atoms with Gasteiger partial charge in [0.25, 0.3) is 5.91 Å². The highest BCUT2D eigenvalue weighted by Crippen LogP contribution is 2.21. The van der Waals surface area contributed by atoms with Gasteiger partial charge in [0.15, 0.2) is 0 Å². The lowest BCUT2D eigenvalue weighted by Crippen LogP contribution is -2.48. The number of amides is 2. The Balaban J connectivity index is 1.28. The van der Waals surface area contributed by atoms with Crippen LogP contribution < -0.4 is 5.32 Å². The van der Waals surface area contributed by atoms with Crippen molar-refractivity contribution in [1.82, 2.24) is 15.1 Å². The molecular formula is C24H28ClN3O2. The molecule has 4 rings (SSSR count). The molecule has 0 radical (unpaired) electrons. The van der Waals surface area contributed by atoms with Crippen molar-refractivity contribution in [3.63, 3.8) is 0 Å². The Hall–Kier alpha value is -2.37. The topological polar surface area (TPSA) is 52.7 Å². The van der Waals surface area contributed by atoms with Crippen molar-refractivity contribution >= 4 is 23.4 Å². The van der Waals surface area contributed by atoms with E-state index in [1.54, 1.807) is 29.2 Å². The average Bonchev–Trinajstić information content (AvgIpc) is 3.21. The Bertz CT molecular complexity index is 872. The smallest absolute Gasteiger partial charge is 0.253 e. The quantitative estimate of drug-likeness (QED) is 0.796. The molecule has 0 saturated carbocycles. The number of hydrogen-bond acceptors (Lipinski definition) is 3. The predicted molar refractivity (Wildman–Crippen MR) is 118 cm³/mol. The van der Waals surface area contributed by atoms with Crippen LogP contribution in [0.25, 0.3) is 0 Å². The van der Waals surface area contributed by atoms with E-state index in [9.17, 15) is 9.59 Å². The summed E-state index contributed by atoms with van der Waals surface area (Å²) in [5.74, 6) is -0.0904. The van der Waals surface area contributed by atoms with Crippen LogP contribution in [0.3, 0.4) is 0 Å². The van der Waals surface area contributed by atoms with E-state index in [0.717, 1.165) is 38.9 Å². The standard InChI is InChI=1S/C24H28ClN3O2/c25-21-10-8-19(9-11-21)24(30)28-13-4-7-20(16-28)23(29)26-22-12-14-27(17-22)15-18-5-2-1-3-6-18/h1-3,5-6,8-11,20,22H,4,7,12-17H2,(H,26,29). The number of benzene rings is 2. The predicted octanol–water partition coefficient (Wildman–Crippen LogP) is 3.58. The molecule has 2 unspecified atom stereocenters. The molecular weight excluding hydrogens is 398 g/mol. The minimum Gasteiger partial charge on any atom is -0.352 e. The van der Waals surface area contributed by atoms with Gasteiger partial charge < -0.3 is 10.2 Å². The van der Waals surface area contributed by atoms with Gasteiger partial charge in [-0.2, -0.15) is 0 Å². The van der Waals surface area contributed by atoms with Gasteiger partial charge in [-0.3, -0.25) is 14.5 Å². The first-order valence-corrected chi connectivity index (χ1v) is 11.1. The summed E-state index contributed by atoms with van der Waals surface area (Å²) in [6.07, 6.45) is 2.65. The zero-order valence-electron chi connectivity index (χ0n) is 17.1. The largest absolute Gasteiger partial charge is 0.352 e. The zero-order valence-corrected chi connectivity index (χ0v) is 17.9. The number of carbonyl (C=O) groups excluding carboxylic acids is 2. The van der Waals surface area contributed by atoms with Gasteiger partial charge in [0.05, 0.1) is 5.92 Å². The molecule has 2 amide bonds. The fourth-order valence-electron chi connectivity index (χ4n) is 4.41. The monoisotopic (exact) mass is 425 g/mol. The fourth-order valence-corrected chi connectivity index (χ4v) is 4.53.